The molecule has 0 radical (unpaired) electrons. The van der Waals surface area contributed by atoms with Crippen LogP contribution in [0, 0.1) is 0 Å². The Labute approximate surface area is 180 Å². The molecule has 0 amide bonds. The van der Waals surface area contributed by atoms with Crippen molar-refractivity contribution in [2.75, 3.05) is 44.8 Å². The summed E-state index contributed by atoms with van der Waals surface area (Å²) in [7, 11) is -1.90. The Morgan fingerprint density at radius 1 is 1.00 bits per heavy atom. The van der Waals surface area contributed by atoms with Gasteiger partial charge in [0.05, 0.1) is 18.6 Å². The van der Waals surface area contributed by atoms with E-state index in [4.69, 9.17) is 9.47 Å². The smallest absolute Gasteiger partial charge is 0.243 e. The molecule has 0 unspecified atom stereocenters. The topological polar surface area (TPSA) is 59.1 Å². The van der Waals surface area contributed by atoms with Crippen LogP contribution in [0.4, 0.5) is 5.69 Å². The molecule has 0 aliphatic carbocycles. The quantitative estimate of drug-likeness (QED) is 0.628. The summed E-state index contributed by atoms with van der Waals surface area (Å²) in [5, 5.41) is 0. The standard InChI is InChI=1S/C23H32N2O4S/c1-5-18(3)22-17-21(11-12-23(22)29-6-2)30(26,27)25-15-13-24(14-16-25)19-7-9-20(28-4)10-8-19/h7-12,17-18H,5-6,13-16H2,1-4H3/t18-/m0/s1. The van der Waals surface area contributed by atoms with Crippen LogP contribution < -0.4 is 14.4 Å². The molecule has 0 bridgehead atoms. The number of hydrogen-bond acceptors (Lipinski definition) is 5. The lowest BCUT2D eigenvalue weighted by molar-refractivity contribution is 0.334. The fourth-order valence-electron chi connectivity index (χ4n) is 3.71. The number of anilines is 1. The lowest BCUT2D eigenvalue weighted by Crippen LogP contribution is -2.48. The summed E-state index contributed by atoms with van der Waals surface area (Å²) in [4.78, 5) is 2.55. The first-order valence-electron chi connectivity index (χ1n) is 10.6. The molecule has 0 N–H and O–H groups in total. The van der Waals surface area contributed by atoms with E-state index in [9.17, 15) is 8.42 Å². The Morgan fingerprint density at radius 3 is 2.23 bits per heavy atom. The normalized spacial score (nSPS) is 16.3. The molecule has 0 spiro atoms. The molecule has 1 saturated heterocycles. The van der Waals surface area contributed by atoms with Crippen LogP contribution in [0.2, 0.25) is 0 Å². The van der Waals surface area contributed by atoms with Gasteiger partial charge >= 0.3 is 0 Å². The third kappa shape index (κ3) is 4.73. The van der Waals surface area contributed by atoms with Gasteiger partial charge in [-0.15, -0.1) is 0 Å². The summed E-state index contributed by atoms with van der Waals surface area (Å²) in [6.45, 7) is 8.92. The molecule has 0 saturated carbocycles. The molecule has 2 aromatic rings. The van der Waals surface area contributed by atoms with Crippen LogP contribution >= 0.6 is 0 Å². The molecule has 1 fully saturated rings. The van der Waals surface area contributed by atoms with Gasteiger partial charge in [-0.2, -0.15) is 4.31 Å². The lowest BCUT2D eigenvalue weighted by atomic mass is 9.98. The van der Waals surface area contributed by atoms with Crippen molar-refractivity contribution in [1.29, 1.82) is 0 Å². The predicted molar refractivity (Wildman–Crippen MR) is 120 cm³/mol. The Kier molecular flexibility index (Phi) is 7.26. The molecule has 2 aromatic carbocycles. The molecular formula is C23H32N2O4S. The van der Waals surface area contributed by atoms with Gasteiger partial charge in [0.15, 0.2) is 0 Å². The van der Waals surface area contributed by atoms with Gasteiger partial charge in [0.2, 0.25) is 10.0 Å². The first kappa shape index (κ1) is 22.4. The number of rotatable bonds is 8. The maximum absolute atomic E-state index is 13.3. The lowest BCUT2D eigenvalue weighted by Gasteiger charge is -2.35. The fourth-order valence-corrected chi connectivity index (χ4v) is 5.17. The highest BCUT2D eigenvalue weighted by Crippen LogP contribution is 2.32. The molecule has 1 atom stereocenters. The van der Waals surface area contributed by atoms with Crippen LogP contribution in [0.1, 0.15) is 38.7 Å². The number of methoxy groups -OCH3 is 1. The van der Waals surface area contributed by atoms with Gasteiger partial charge in [-0.05, 0) is 67.3 Å². The van der Waals surface area contributed by atoms with Crippen molar-refractivity contribution in [2.24, 2.45) is 0 Å². The van der Waals surface area contributed by atoms with Crippen molar-refractivity contribution < 1.29 is 17.9 Å². The Morgan fingerprint density at radius 2 is 1.67 bits per heavy atom. The first-order valence-corrected chi connectivity index (χ1v) is 12.0. The highest BCUT2D eigenvalue weighted by atomic mass is 32.2. The minimum Gasteiger partial charge on any atom is -0.497 e. The second-order valence-electron chi connectivity index (χ2n) is 7.53. The van der Waals surface area contributed by atoms with Crippen molar-refractivity contribution in [3.8, 4) is 11.5 Å². The van der Waals surface area contributed by atoms with E-state index in [1.165, 1.54) is 0 Å². The number of hydrogen-bond donors (Lipinski definition) is 0. The molecule has 0 aromatic heterocycles. The molecule has 6 nitrogen and oxygen atoms in total. The zero-order valence-corrected chi connectivity index (χ0v) is 19.1. The van der Waals surface area contributed by atoms with E-state index in [-0.39, 0.29) is 5.92 Å². The van der Waals surface area contributed by atoms with E-state index in [2.05, 4.69) is 18.7 Å². The van der Waals surface area contributed by atoms with Gasteiger partial charge in [0, 0.05) is 31.9 Å². The van der Waals surface area contributed by atoms with E-state index in [0.717, 1.165) is 29.2 Å². The largest absolute Gasteiger partial charge is 0.497 e. The molecule has 7 heteroatoms. The molecule has 3 rings (SSSR count). The van der Waals surface area contributed by atoms with E-state index in [1.807, 2.05) is 31.2 Å². The number of nitrogens with zero attached hydrogens (tertiary/aromatic N) is 2. The van der Waals surface area contributed by atoms with E-state index in [1.54, 1.807) is 29.6 Å². The molecule has 164 valence electrons. The zero-order chi connectivity index (χ0) is 21.7. The molecule has 30 heavy (non-hydrogen) atoms. The predicted octanol–water partition coefficient (Wildman–Crippen LogP) is 4.12. The summed E-state index contributed by atoms with van der Waals surface area (Å²) in [5.74, 6) is 1.82. The van der Waals surface area contributed by atoms with Gasteiger partial charge in [-0.3, -0.25) is 0 Å². The average molecular weight is 433 g/mol. The Bertz CT molecular complexity index is 936. The van der Waals surface area contributed by atoms with Gasteiger partial charge < -0.3 is 14.4 Å². The molecule has 1 aliphatic rings. The minimum absolute atomic E-state index is 0.230. The fraction of sp³-hybridized carbons (Fsp3) is 0.478. The van der Waals surface area contributed by atoms with Gasteiger partial charge in [-0.1, -0.05) is 13.8 Å². The van der Waals surface area contributed by atoms with Gasteiger partial charge in [-0.25, -0.2) is 8.42 Å². The van der Waals surface area contributed by atoms with E-state index < -0.39 is 10.0 Å². The first-order chi connectivity index (χ1) is 14.4. The second-order valence-corrected chi connectivity index (χ2v) is 9.47. The summed E-state index contributed by atoms with van der Waals surface area (Å²) in [6.07, 6.45) is 0.921. The SMILES string of the molecule is CCOc1ccc(S(=O)(=O)N2CCN(c3ccc(OC)cc3)CC2)cc1[C@@H](C)CC. The molecule has 1 aliphatic heterocycles. The van der Waals surface area contributed by atoms with Crippen LogP contribution in [-0.2, 0) is 10.0 Å². The number of piperazine rings is 1. The third-order valence-electron chi connectivity index (χ3n) is 5.74. The summed E-state index contributed by atoms with van der Waals surface area (Å²) >= 11 is 0. The Hall–Kier alpha value is -2.25. The molecule has 1 heterocycles. The Balaban J connectivity index is 1.76. The van der Waals surface area contributed by atoms with Crippen molar-refractivity contribution in [2.45, 2.75) is 38.0 Å². The highest BCUT2D eigenvalue weighted by molar-refractivity contribution is 7.89. The van der Waals surface area contributed by atoms with E-state index >= 15 is 0 Å². The second kappa shape index (κ2) is 9.71. The van der Waals surface area contributed by atoms with Gasteiger partial charge in [0.1, 0.15) is 11.5 Å². The third-order valence-corrected chi connectivity index (χ3v) is 7.63. The van der Waals surface area contributed by atoms with Crippen LogP contribution in [0.5, 0.6) is 11.5 Å². The van der Waals surface area contributed by atoms with Crippen molar-refractivity contribution in [3.05, 3.63) is 48.0 Å². The maximum atomic E-state index is 13.3. The summed E-state index contributed by atoms with van der Waals surface area (Å²) in [6, 6.07) is 13.1. The highest BCUT2D eigenvalue weighted by Gasteiger charge is 2.29. The van der Waals surface area contributed by atoms with E-state index in [0.29, 0.717) is 37.7 Å². The van der Waals surface area contributed by atoms with Crippen molar-refractivity contribution in [3.63, 3.8) is 0 Å². The van der Waals surface area contributed by atoms with Crippen LogP contribution in [0.3, 0.4) is 0 Å². The van der Waals surface area contributed by atoms with Crippen molar-refractivity contribution in [1.82, 2.24) is 4.31 Å². The molecular weight excluding hydrogens is 400 g/mol. The average Bonchev–Trinajstić information content (AvgIpc) is 2.79. The van der Waals surface area contributed by atoms with Gasteiger partial charge in [0.25, 0.3) is 0 Å². The summed E-state index contributed by atoms with van der Waals surface area (Å²) in [5.41, 5.74) is 2.03. The number of benzene rings is 2. The van der Waals surface area contributed by atoms with Crippen LogP contribution in [0.15, 0.2) is 47.4 Å². The number of sulfonamides is 1. The maximum Gasteiger partial charge on any atom is 0.243 e. The zero-order valence-electron chi connectivity index (χ0n) is 18.3. The summed E-state index contributed by atoms with van der Waals surface area (Å²) < 4.78 is 39.1. The van der Waals surface area contributed by atoms with Crippen LogP contribution in [-0.4, -0.2) is 52.6 Å². The monoisotopic (exact) mass is 432 g/mol. The number of ether oxygens (including phenoxy) is 2. The van der Waals surface area contributed by atoms with Crippen molar-refractivity contribution >= 4 is 15.7 Å². The minimum atomic E-state index is -3.54. The van der Waals surface area contributed by atoms with Crippen LogP contribution in [0.25, 0.3) is 0 Å².